The number of nitrogens with one attached hydrogen (secondary N) is 1. The van der Waals surface area contributed by atoms with Crippen molar-refractivity contribution in [2.45, 2.75) is 19.9 Å². The third-order valence-electron chi connectivity index (χ3n) is 3.02. The van der Waals surface area contributed by atoms with Gasteiger partial charge in [0, 0.05) is 14.5 Å². The second kappa shape index (κ2) is 6.06. The normalized spacial score (nSPS) is 12.2. The van der Waals surface area contributed by atoms with Gasteiger partial charge in [-0.3, -0.25) is 0 Å². The highest BCUT2D eigenvalue weighted by Gasteiger charge is 2.14. The van der Waals surface area contributed by atoms with E-state index in [0.29, 0.717) is 5.56 Å². The van der Waals surface area contributed by atoms with E-state index in [2.05, 4.69) is 37.2 Å². The molecule has 0 amide bonds. The maximum absolute atomic E-state index is 9.89. The lowest BCUT2D eigenvalue weighted by molar-refractivity contribution is 0.451. The number of hydrogen-bond acceptors (Lipinski definition) is 3. The Morgan fingerprint density at radius 2 is 1.65 bits per heavy atom. The number of benzene rings is 2. The molecule has 0 aliphatic heterocycles. The van der Waals surface area contributed by atoms with E-state index in [1.807, 2.05) is 26.0 Å². The van der Waals surface area contributed by atoms with E-state index >= 15 is 0 Å². The van der Waals surface area contributed by atoms with Crippen LogP contribution in [0.15, 0.2) is 39.3 Å². The first-order chi connectivity index (χ1) is 9.38. The zero-order valence-corrected chi connectivity index (χ0v) is 14.3. The van der Waals surface area contributed by atoms with Gasteiger partial charge in [-0.15, -0.1) is 0 Å². The minimum Gasteiger partial charge on any atom is -0.508 e. The Hall–Kier alpha value is -1.20. The van der Waals surface area contributed by atoms with Gasteiger partial charge >= 0.3 is 0 Å². The van der Waals surface area contributed by atoms with E-state index in [1.165, 1.54) is 12.1 Å². The zero-order chi connectivity index (χ0) is 14.9. The van der Waals surface area contributed by atoms with Gasteiger partial charge in [-0.05, 0) is 81.6 Å². The molecule has 0 fully saturated rings. The smallest absolute Gasteiger partial charge is 0.121 e. The van der Waals surface area contributed by atoms with Crippen molar-refractivity contribution in [1.82, 2.24) is 0 Å². The average molecular weight is 401 g/mol. The summed E-state index contributed by atoms with van der Waals surface area (Å²) in [6.07, 6.45) is 0. The van der Waals surface area contributed by atoms with Crippen LogP contribution in [0.25, 0.3) is 0 Å². The number of rotatable bonds is 3. The van der Waals surface area contributed by atoms with Crippen LogP contribution in [-0.4, -0.2) is 10.2 Å². The molecule has 0 bridgehead atoms. The molecule has 0 aliphatic carbocycles. The summed E-state index contributed by atoms with van der Waals surface area (Å²) in [4.78, 5) is 0. The number of phenolic OH excluding ortho intramolecular Hbond substituents is 2. The Kier molecular flexibility index (Phi) is 4.60. The quantitative estimate of drug-likeness (QED) is 0.628. The molecule has 3 nitrogen and oxygen atoms in total. The molecule has 0 radical (unpaired) electrons. The van der Waals surface area contributed by atoms with Crippen molar-refractivity contribution in [3.05, 3.63) is 50.4 Å². The third-order valence-corrected chi connectivity index (χ3v) is 4.28. The maximum atomic E-state index is 9.89. The number of hydrogen-bond donors (Lipinski definition) is 3. The van der Waals surface area contributed by atoms with E-state index in [4.69, 9.17) is 0 Å². The number of halogens is 2. The van der Waals surface area contributed by atoms with Crippen LogP contribution < -0.4 is 5.32 Å². The second-order valence-corrected chi connectivity index (χ2v) is 6.42. The average Bonchev–Trinajstić information content (AvgIpc) is 2.36. The molecule has 1 atom stereocenters. The molecular formula is C15H15Br2NO2. The van der Waals surface area contributed by atoms with Gasteiger partial charge in [0.15, 0.2) is 0 Å². The molecule has 5 heteroatoms. The Morgan fingerprint density at radius 1 is 1.05 bits per heavy atom. The fourth-order valence-electron chi connectivity index (χ4n) is 2.02. The van der Waals surface area contributed by atoms with Gasteiger partial charge in [0.25, 0.3) is 0 Å². The van der Waals surface area contributed by atoms with Crippen molar-refractivity contribution in [2.24, 2.45) is 0 Å². The third kappa shape index (κ3) is 3.27. The molecule has 106 valence electrons. The number of aryl methyl sites for hydroxylation is 1. The van der Waals surface area contributed by atoms with Gasteiger partial charge in [0.1, 0.15) is 11.5 Å². The number of phenols is 2. The Labute approximate surface area is 134 Å². The predicted molar refractivity (Wildman–Crippen MR) is 88.4 cm³/mol. The van der Waals surface area contributed by atoms with Crippen molar-refractivity contribution in [3.63, 3.8) is 0 Å². The van der Waals surface area contributed by atoms with Crippen LogP contribution in [-0.2, 0) is 0 Å². The first-order valence-corrected chi connectivity index (χ1v) is 7.71. The van der Waals surface area contributed by atoms with Crippen molar-refractivity contribution < 1.29 is 10.2 Å². The fourth-order valence-corrected chi connectivity index (χ4v) is 3.67. The lowest BCUT2D eigenvalue weighted by Crippen LogP contribution is -2.08. The SMILES string of the molecule is Cc1cc(Br)c(NC(C)c2cc(O)ccc2O)c(Br)c1. The van der Waals surface area contributed by atoms with Gasteiger partial charge in [0.05, 0.1) is 11.7 Å². The molecule has 3 N–H and O–H groups in total. The highest BCUT2D eigenvalue weighted by atomic mass is 79.9. The fraction of sp³-hybridized carbons (Fsp3) is 0.200. The van der Waals surface area contributed by atoms with Gasteiger partial charge in [-0.2, -0.15) is 0 Å². The molecule has 0 heterocycles. The zero-order valence-electron chi connectivity index (χ0n) is 11.1. The highest BCUT2D eigenvalue weighted by molar-refractivity contribution is 9.11. The van der Waals surface area contributed by atoms with Gasteiger partial charge < -0.3 is 15.5 Å². The van der Waals surface area contributed by atoms with Crippen molar-refractivity contribution >= 4 is 37.5 Å². The van der Waals surface area contributed by atoms with Crippen LogP contribution in [0.2, 0.25) is 0 Å². The summed E-state index contributed by atoms with van der Waals surface area (Å²) in [6, 6.07) is 8.39. The van der Waals surface area contributed by atoms with Crippen LogP contribution in [0.5, 0.6) is 11.5 Å². The van der Waals surface area contributed by atoms with Gasteiger partial charge in [-0.1, -0.05) is 0 Å². The molecule has 1 unspecified atom stereocenters. The summed E-state index contributed by atoms with van der Waals surface area (Å²) in [6.45, 7) is 3.94. The van der Waals surface area contributed by atoms with Crippen LogP contribution in [0.4, 0.5) is 5.69 Å². The maximum Gasteiger partial charge on any atom is 0.121 e. The second-order valence-electron chi connectivity index (χ2n) is 4.71. The first kappa shape index (κ1) is 15.2. The monoisotopic (exact) mass is 399 g/mol. The summed E-state index contributed by atoms with van der Waals surface area (Å²) in [5.74, 6) is 0.288. The Morgan fingerprint density at radius 3 is 2.25 bits per heavy atom. The molecule has 0 saturated carbocycles. The molecule has 0 spiro atoms. The Bertz CT molecular complexity index is 621. The first-order valence-electron chi connectivity index (χ1n) is 6.12. The number of anilines is 1. The van der Waals surface area contributed by atoms with Crippen LogP contribution in [0.1, 0.15) is 24.1 Å². The molecule has 0 saturated heterocycles. The van der Waals surface area contributed by atoms with E-state index < -0.39 is 0 Å². The van der Waals surface area contributed by atoms with E-state index in [9.17, 15) is 10.2 Å². The molecule has 20 heavy (non-hydrogen) atoms. The molecule has 2 aromatic rings. The minimum atomic E-state index is -0.155. The largest absolute Gasteiger partial charge is 0.508 e. The molecule has 2 aromatic carbocycles. The van der Waals surface area contributed by atoms with Crippen LogP contribution >= 0.6 is 31.9 Å². The van der Waals surface area contributed by atoms with Crippen LogP contribution in [0.3, 0.4) is 0 Å². The molecule has 2 rings (SSSR count). The molecule has 0 aliphatic rings. The van der Waals surface area contributed by atoms with Crippen LogP contribution in [0, 0.1) is 6.92 Å². The van der Waals surface area contributed by atoms with Gasteiger partial charge in [-0.25, -0.2) is 0 Å². The Balaban J connectivity index is 2.32. The molecular weight excluding hydrogens is 386 g/mol. The van der Waals surface area contributed by atoms with E-state index in [1.54, 1.807) is 6.07 Å². The highest BCUT2D eigenvalue weighted by Crippen LogP contribution is 2.36. The van der Waals surface area contributed by atoms with Crippen molar-refractivity contribution in [1.29, 1.82) is 0 Å². The lowest BCUT2D eigenvalue weighted by atomic mass is 10.1. The number of aromatic hydroxyl groups is 2. The van der Waals surface area contributed by atoms with Gasteiger partial charge in [0.2, 0.25) is 0 Å². The summed E-state index contributed by atoms with van der Waals surface area (Å²) < 4.78 is 1.88. The topological polar surface area (TPSA) is 52.5 Å². The van der Waals surface area contributed by atoms with Crippen molar-refractivity contribution in [2.75, 3.05) is 5.32 Å². The lowest BCUT2D eigenvalue weighted by Gasteiger charge is -2.19. The molecule has 0 aromatic heterocycles. The summed E-state index contributed by atoms with van der Waals surface area (Å²) in [7, 11) is 0. The predicted octanol–water partition coefficient (Wildman–Crippen LogP) is 5.10. The summed E-state index contributed by atoms with van der Waals surface area (Å²) in [5.41, 5.74) is 2.69. The summed E-state index contributed by atoms with van der Waals surface area (Å²) in [5, 5.41) is 22.8. The summed E-state index contributed by atoms with van der Waals surface area (Å²) >= 11 is 7.06. The van der Waals surface area contributed by atoms with E-state index in [0.717, 1.165) is 20.2 Å². The minimum absolute atomic E-state index is 0.133. The standard InChI is InChI=1S/C15H15Br2NO2/c1-8-5-12(16)15(13(17)6-8)18-9(2)11-7-10(19)3-4-14(11)20/h3-7,9,18-20H,1-2H3. The van der Waals surface area contributed by atoms with Crippen molar-refractivity contribution in [3.8, 4) is 11.5 Å². The van der Waals surface area contributed by atoms with E-state index in [-0.39, 0.29) is 17.5 Å².